The van der Waals surface area contributed by atoms with E-state index in [4.69, 9.17) is 5.11 Å². The Bertz CT molecular complexity index is 271. The first kappa shape index (κ1) is 9.47. The van der Waals surface area contributed by atoms with Crippen LogP contribution in [0.1, 0.15) is 13.8 Å². The van der Waals surface area contributed by atoms with Crippen molar-refractivity contribution in [1.82, 2.24) is 10.2 Å². The summed E-state index contributed by atoms with van der Waals surface area (Å²) in [7, 11) is 0. The summed E-state index contributed by atoms with van der Waals surface area (Å²) in [5.41, 5.74) is 1.58. The van der Waals surface area contributed by atoms with Crippen molar-refractivity contribution in [1.29, 1.82) is 0 Å². The second-order valence-corrected chi connectivity index (χ2v) is 5.33. The van der Waals surface area contributed by atoms with Gasteiger partial charge < -0.3 is 5.11 Å². The van der Waals surface area contributed by atoms with Crippen molar-refractivity contribution < 1.29 is 9.90 Å². The van der Waals surface area contributed by atoms with E-state index in [-0.39, 0.29) is 0 Å². The van der Waals surface area contributed by atoms with E-state index in [0.717, 1.165) is 0 Å². The number of nitrogens with zero attached hydrogens (tertiary/aromatic N) is 2. The van der Waals surface area contributed by atoms with Crippen molar-refractivity contribution in [3.8, 4) is 0 Å². The normalized spacial score (nSPS) is 11.5. The summed E-state index contributed by atoms with van der Waals surface area (Å²) in [6.45, 7) is 3.28. The molecule has 0 saturated heterocycles. The Morgan fingerprint density at radius 2 is 2.42 bits per heavy atom. The Hall–Kier alpha value is -0.620. The fraction of sp³-hybridized carbons (Fsp3) is 0.500. The van der Waals surface area contributed by atoms with E-state index in [9.17, 15) is 4.79 Å². The quantitative estimate of drug-likeness (QED) is 0.756. The largest absolute Gasteiger partial charge is 0.480 e. The molecular formula is C6H8N2O2S2. The van der Waals surface area contributed by atoms with Crippen LogP contribution >= 0.6 is 23.1 Å². The van der Waals surface area contributed by atoms with Crippen LogP contribution in [0.5, 0.6) is 0 Å². The number of aromatic nitrogens is 2. The van der Waals surface area contributed by atoms with Crippen molar-refractivity contribution >= 4 is 29.1 Å². The van der Waals surface area contributed by atoms with Crippen LogP contribution in [-0.2, 0) is 4.79 Å². The first-order valence-corrected chi connectivity index (χ1v) is 4.90. The van der Waals surface area contributed by atoms with Crippen molar-refractivity contribution in [2.24, 2.45) is 0 Å². The van der Waals surface area contributed by atoms with Crippen LogP contribution in [-0.4, -0.2) is 26.0 Å². The molecule has 0 aliphatic carbocycles. The highest BCUT2D eigenvalue weighted by Crippen LogP contribution is 2.32. The van der Waals surface area contributed by atoms with Gasteiger partial charge in [0.2, 0.25) is 0 Å². The lowest BCUT2D eigenvalue weighted by Crippen LogP contribution is -2.26. The van der Waals surface area contributed by atoms with Crippen LogP contribution in [0.3, 0.4) is 0 Å². The second kappa shape index (κ2) is 3.40. The van der Waals surface area contributed by atoms with Crippen LogP contribution < -0.4 is 0 Å². The topological polar surface area (TPSA) is 63.1 Å². The number of carbonyl (C=O) groups is 1. The molecule has 0 spiro atoms. The summed E-state index contributed by atoms with van der Waals surface area (Å²) in [4.78, 5) is 10.7. The standard InChI is InChI=1S/C6H8N2O2S2/c1-6(2,4(9)10)12-5-8-7-3-11-5/h3H,1-2H3,(H,9,10). The predicted octanol–water partition coefficient (Wildman–Crippen LogP) is 1.49. The Balaban J connectivity index is 2.69. The van der Waals surface area contributed by atoms with Crippen LogP contribution in [0.4, 0.5) is 0 Å². The van der Waals surface area contributed by atoms with E-state index in [0.29, 0.717) is 4.34 Å². The minimum absolute atomic E-state index is 0.683. The monoisotopic (exact) mass is 204 g/mol. The van der Waals surface area contributed by atoms with Crippen molar-refractivity contribution in [2.75, 3.05) is 0 Å². The summed E-state index contributed by atoms with van der Waals surface area (Å²) in [6.07, 6.45) is 0. The SMILES string of the molecule is CC(C)(Sc1nncs1)C(=O)O. The smallest absolute Gasteiger partial charge is 0.319 e. The molecule has 0 radical (unpaired) electrons. The molecule has 0 aromatic carbocycles. The number of thioether (sulfide) groups is 1. The van der Waals surface area contributed by atoms with Gasteiger partial charge in [0.05, 0.1) is 0 Å². The van der Waals surface area contributed by atoms with E-state index < -0.39 is 10.7 Å². The van der Waals surface area contributed by atoms with Crippen molar-refractivity contribution in [3.63, 3.8) is 0 Å². The third-order valence-electron chi connectivity index (χ3n) is 1.20. The van der Waals surface area contributed by atoms with E-state index in [1.165, 1.54) is 23.1 Å². The van der Waals surface area contributed by atoms with Crippen LogP contribution in [0, 0.1) is 0 Å². The van der Waals surface area contributed by atoms with E-state index in [1.807, 2.05) is 0 Å². The zero-order valence-corrected chi connectivity index (χ0v) is 8.28. The molecule has 6 heteroatoms. The fourth-order valence-corrected chi connectivity index (χ4v) is 2.31. The lowest BCUT2D eigenvalue weighted by atomic mass is 10.2. The Morgan fingerprint density at radius 3 is 2.83 bits per heavy atom. The van der Waals surface area contributed by atoms with Crippen LogP contribution in [0.2, 0.25) is 0 Å². The lowest BCUT2D eigenvalue weighted by Gasteiger charge is -2.15. The van der Waals surface area contributed by atoms with Gasteiger partial charge in [-0.2, -0.15) is 0 Å². The molecule has 4 nitrogen and oxygen atoms in total. The number of hydrogen-bond acceptors (Lipinski definition) is 5. The summed E-state index contributed by atoms with van der Waals surface area (Å²) in [6, 6.07) is 0. The lowest BCUT2D eigenvalue weighted by molar-refractivity contribution is -0.138. The highest BCUT2D eigenvalue weighted by atomic mass is 32.2. The van der Waals surface area contributed by atoms with E-state index >= 15 is 0 Å². The maximum absolute atomic E-state index is 10.7. The van der Waals surface area contributed by atoms with Crippen LogP contribution in [0.25, 0.3) is 0 Å². The third-order valence-corrected chi connectivity index (χ3v) is 3.16. The number of aliphatic carboxylic acids is 1. The Morgan fingerprint density at radius 1 is 1.75 bits per heavy atom. The molecule has 0 unspecified atom stereocenters. The zero-order valence-electron chi connectivity index (χ0n) is 6.64. The highest BCUT2D eigenvalue weighted by molar-refractivity contribution is 8.02. The van der Waals surface area contributed by atoms with Gasteiger partial charge in [-0.1, -0.05) is 23.1 Å². The van der Waals surface area contributed by atoms with Crippen molar-refractivity contribution in [2.45, 2.75) is 22.9 Å². The maximum atomic E-state index is 10.7. The zero-order chi connectivity index (χ0) is 9.19. The second-order valence-electron chi connectivity index (χ2n) is 2.62. The van der Waals surface area contributed by atoms with Gasteiger partial charge in [0, 0.05) is 0 Å². The first-order valence-electron chi connectivity index (χ1n) is 3.21. The summed E-state index contributed by atoms with van der Waals surface area (Å²) < 4.78 is -0.151. The molecule has 1 aromatic rings. The van der Waals surface area contributed by atoms with Gasteiger partial charge in [-0.05, 0) is 13.8 Å². The van der Waals surface area contributed by atoms with E-state index in [2.05, 4.69) is 10.2 Å². The molecule has 1 heterocycles. The summed E-state index contributed by atoms with van der Waals surface area (Å²) in [5, 5.41) is 16.1. The molecule has 0 bridgehead atoms. The minimum Gasteiger partial charge on any atom is -0.480 e. The maximum Gasteiger partial charge on any atom is 0.319 e. The predicted molar refractivity (Wildman–Crippen MR) is 47.5 cm³/mol. The molecule has 0 fully saturated rings. The average Bonchev–Trinajstić information content (AvgIpc) is 2.38. The first-order chi connectivity index (χ1) is 5.52. The Kier molecular flexibility index (Phi) is 2.69. The molecule has 0 saturated carbocycles. The highest BCUT2D eigenvalue weighted by Gasteiger charge is 2.29. The average molecular weight is 204 g/mol. The molecular weight excluding hydrogens is 196 g/mol. The molecule has 1 rings (SSSR count). The molecule has 1 N–H and O–H groups in total. The summed E-state index contributed by atoms with van der Waals surface area (Å²) >= 11 is 2.55. The molecule has 0 aliphatic rings. The minimum atomic E-state index is -0.845. The molecule has 12 heavy (non-hydrogen) atoms. The van der Waals surface area contributed by atoms with Gasteiger partial charge in [-0.15, -0.1) is 10.2 Å². The van der Waals surface area contributed by atoms with Crippen molar-refractivity contribution in [3.05, 3.63) is 5.51 Å². The molecule has 66 valence electrons. The molecule has 1 aromatic heterocycles. The number of hydrogen-bond donors (Lipinski definition) is 1. The third kappa shape index (κ3) is 2.18. The van der Waals surface area contributed by atoms with Gasteiger partial charge in [0.15, 0.2) is 4.34 Å². The van der Waals surface area contributed by atoms with E-state index in [1.54, 1.807) is 19.4 Å². The van der Waals surface area contributed by atoms with Crippen LogP contribution in [0.15, 0.2) is 9.85 Å². The van der Waals surface area contributed by atoms with Gasteiger partial charge >= 0.3 is 5.97 Å². The molecule has 0 amide bonds. The number of carboxylic acid groups (broad SMARTS) is 1. The number of rotatable bonds is 3. The summed E-state index contributed by atoms with van der Waals surface area (Å²) in [5.74, 6) is -0.845. The number of carboxylic acids is 1. The molecule has 0 aliphatic heterocycles. The van der Waals surface area contributed by atoms with Gasteiger partial charge in [0.1, 0.15) is 10.3 Å². The Labute approximate surface area is 78.0 Å². The van der Waals surface area contributed by atoms with Gasteiger partial charge in [-0.3, -0.25) is 4.79 Å². The fourth-order valence-electron chi connectivity index (χ4n) is 0.469. The van der Waals surface area contributed by atoms with Gasteiger partial charge in [-0.25, -0.2) is 0 Å². The van der Waals surface area contributed by atoms with Gasteiger partial charge in [0.25, 0.3) is 0 Å². The molecule has 0 atom stereocenters.